The van der Waals surface area contributed by atoms with Gasteiger partial charge in [0.25, 0.3) is 5.56 Å². The lowest BCUT2D eigenvalue weighted by atomic mass is 9.98. The van der Waals surface area contributed by atoms with Gasteiger partial charge in [-0.1, -0.05) is 25.1 Å². The highest BCUT2D eigenvalue weighted by Gasteiger charge is 2.24. The molecule has 0 amide bonds. The van der Waals surface area contributed by atoms with Crippen LogP contribution in [0, 0.1) is 24.1 Å². The Balaban J connectivity index is 1.96. The van der Waals surface area contributed by atoms with Gasteiger partial charge in [0, 0.05) is 25.7 Å². The molecule has 0 radical (unpaired) electrons. The Kier molecular flexibility index (Phi) is 6.14. The van der Waals surface area contributed by atoms with E-state index in [1.54, 1.807) is 19.2 Å². The quantitative estimate of drug-likeness (QED) is 0.514. The fourth-order valence-electron chi connectivity index (χ4n) is 4.12. The van der Waals surface area contributed by atoms with Gasteiger partial charge in [-0.15, -0.1) is 0 Å². The second-order valence-electron chi connectivity index (χ2n) is 8.30. The monoisotopic (exact) mass is 450 g/mol. The third kappa shape index (κ3) is 4.19. The van der Waals surface area contributed by atoms with Gasteiger partial charge in [0.05, 0.1) is 24.9 Å². The molecule has 1 saturated heterocycles. The van der Waals surface area contributed by atoms with Crippen molar-refractivity contribution in [3.63, 3.8) is 0 Å². The van der Waals surface area contributed by atoms with Crippen LogP contribution in [-0.2, 0) is 7.05 Å². The molecule has 0 bridgehead atoms. The van der Waals surface area contributed by atoms with Gasteiger partial charge in [-0.05, 0) is 42.5 Å². The predicted molar refractivity (Wildman–Crippen MR) is 124 cm³/mol. The van der Waals surface area contributed by atoms with Crippen molar-refractivity contribution in [1.29, 1.82) is 0 Å². The summed E-state index contributed by atoms with van der Waals surface area (Å²) in [6, 6.07) is 8.35. The van der Waals surface area contributed by atoms with Gasteiger partial charge >= 0.3 is 0 Å². The number of ether oxygens (including phenoxy) is 1. The second kappa shape index (κ2) is 9.02. The normalized spacial score (nSPS) is 14.2. The number of halogens is 2. The van der Waals surface area contributed by atoms with Crippen molar-refractivity contribution in [2.24, 2.45) is 13.0 Å². The molecule has 0 unspecified atom stereocenters. The van der Waals surface area contributed by atoms with Gasteiger partial charge < -0.3 is 9.64 Å². The Morgan fingerprint density at radius 2 is 1.76 bits per heavy atom. The summed E-state index contributed by atoms with van der Waals surface area (Å²) < 4.78 is 35.5. The summed E-state index contributed by atoms with van der Waals surface area (Å²) in [4.78, 5) is 23.6. The topological polar surface area (TPSA) is 51.7 Å². The summed E-state index contributed by atoms with van der Waals surface area (Å²) in [6.45, 7) is 10.8. The summed E-state index contributed by atoms with van der Waals surface area (Å²) in [7, 11) is 3.00. The standard InChI is InChI=1S/C25H24F2N4O2/c1-15-9-11-31(12-10-15)25-29-23(17-5-7-20(28-2)18(26)14-17)22(24(32)30(25)3)16-6-8-21(33-4)19(27)13-16/h5-8,13-15H,9-12H2,1,3-4H3. The van der Waals surface area contributed by atoms with Crippen LogP contribution >= 0.6 is 0 Å². The lowest BCUT2D eigenvalue weighted by molar-refractivity contribution is 0.386. The maximum Gasteiger partial charge on any atom is 0.263 e. The van der Waals surface area contributed by atoms with E-state index >= 15 is 0 Å². The first-order chi connectivity index (χ1) is 15.8. The highest BCUT2D eigenvalue weighted by atomic mass is 19.1. The largest absolute Gasteiger partial charge is 0.494 e. The van der Waals surface area contributed by atoms with E-state index in [1.165, 1.54) is 35.9 Å². The Bertz CT molecular complexity index is 1300. The first-order valence-corrected chi connectivity index (χ1v) is 10.7. The lowest BCUT2D eigenvalue weighted by Crippen LogP contribution is -2.38. The molecule has 33 heavy (non-hydrogen) atoms. The van der Waals surface area contributed by atoms with E-state index in [-0.39, 0.29) is 28.3 Å². The van der Waals surface area contributed by atoms with E-state index in [2.05, 4.69) is 11.8 Å². The van der Waals surface area contributed by atoms with E-state index in [1.807, 2.05) is 4.90 Å². The highest BCUT2D eigenvalue weighted by molar-refractivity contribution is 5.82. The minimum absolute atomic E-state index is 0.0524. The summed E-state index contributed by atoms with van der Waals surface area (Å²) in [6.07, 6.45) is 1.95. The fraction of sp³-hybridized carbons (Fsp3) is 0.320. The molecule has 6 nitrogen and oxygen atoms in total. The highest BCUT2D eigenvalue weighted by Crippen LogP contribution is 2.34. The molecule has 0 spiro atoms. The molecular weight excluding hydrogens is 426 g/mol. The molecule has 0 saturated carbocycles. The third-order valence-electron chi connectivity index (χ3n) is 6.12. The molecule has 4 rings (SSSR count). The van der Waals surface area contributed by atoms with Gasteiger partial charge in [-0.25, -0.2) is 18.6 Å². The van der Waals surface area contributed by atoms with Gasteiger partial charge in [0.1, 0.15) is 5.82 Å². The number of benzene rings is 2. The Morgan fingerprint density at radius 1 is 1.09 bits per heavy atom. The van der Waals surface area contributed by atoms with Gasteiger partial charge in [0.2, 0.25) is 11.6 Å². The summed E-state index contributed by atoms with van der Waals surface area (Å²) >= 11 is 0. The Labute approximate surface area is 190 Å². The average molecular weight is 450 g/mol. The minimum atomic E-state index is -0.704. The van der Waals surface area contributed by atoms with Crippen molar-refractivity contribution < 1.29 is 13.5 Å². The first-order valence-electron chi connectivity index (χ1n) is 10.7. The van der Waals surface area contributed by atoms with Crippen LogP contribution in [0.25, 0.3) is 27.2 Å². The summed E-state index contributed by atoms with van der Waals surface area (Å²) in [5.74, 6) is -0.197. The van der Waals surface area contributed by atoms with E-state index < -0.39 is 11.6 Å². The molecule has 1 fully saturated rings. The average Bonchev–Trinajstić information content (AvgIpc) is 2.81. The number of anilines is 1. The number of rotatable bonds is 4. The van der Waals surface area contributed by atoms with Crippen LogP contribution in [0.2, 0.25) is 0 Å². The molecule has 8 heteroatoms. The van der Waals surface area contributed by atoms with E-state index in [0.717, 1.165) is 25.9 Å². The van der Waals surface area contributed by atoms with E-state index in [4.69, 9.17) is 16.3 Å². The SMILES string of the molecule is [C-]#[N+]c1ccc(-c2nc(N3CCC(C)CC3)n(C)c(=O)c2-c2ccc(OC)c(F)c2)cc1F. The second-order valence-corrected chi connectivity index (χ2v) is 8.30. The molecule has 3 aromatic rings. The third-order valence-corrected chi connectivity index (χ3v) is 6.12. The molecule has 1 aliphatic rings. The zero-order chi connectivity index (χ0) is 23.7. The molecule has 1 aromatic heterocycles. The van der Waals surface area contributed by atoms with Crippen LogP contribution in [0.1, 0.15) is 19.8 Å². The number of aromatic nitrogens is 2. The Morgan fingerprint density at radius 3 is 2.36 bits per heavy atom. The van der Waals surface area contributed by atoms with Crippen molar-refractivity contribution in [2.75, 3.05) is 25.1 Å². The smallest absolute Gasteiger partial charge is 0.263 e. The molecule has 2 heterocycles. The molecule has 0 N–H and O–H groups in total. The maximum absolute atomic E-state index is 14.5. The van der Waals surface area contributed by atoms with Gasteiger partial charge in [-0.3, -0.25) is 9.36 Å². The van der Waals surface area contributed by atoms with E-state index in [0.29, 0.717) is 23.0 Å². The molecule has 0 aliphatic carbocycles. The molecule has 0 atom stereocenters. The van der Waals surface area contributed by atoms with E-state index in [9.17, 15) is 13.6 Å². The fourth-order valence-corrected chi connectivity index (χ4v) is 4.12. The zero-order valence-electron chi connectivity index (χ0n) is 18.7. The van der Waals surface area contributed by atoms with Crippen LogP contribution < -0.4 is 15.2 Å². The number of hydrogen-bond acceptors (Lipinski definition) is 4. The number of nitrogens with zero attached hydrogens (tertiary/aromatic N) is 4. The number of hydrogen-bond donors (Lipinski definition) is 0. The maximum atomic E-state index is 14.5. The summed E-state index contributed by atoms with van der Waals surface area (Å²) in [5, 5.41) is 0. The first kappa shape index (κ1) is 22.5. The predicted octanol–water partition coefficient (Wildman–Crippen LogP) is 5.19. The van der Waals surface area contributed by atoms with Crippen LogP contribution in [0.3, 0.4) is 0 Å². The van der Waals surface area contributed by atoms with Crippen LogP contribution in [0.4, 0.5) is 20.4 Å². The van der Waals surface area contributed by atoms with Crippen molar-refractivity contribution in [3.8, 4) is 28.1 Å². The Hall–Kier alpha value is -3.73. The summed E-state index contributed by atoms with van der Waals surface area (Å²) in [5.41, 5.74) is 0.563. The minimum Gasteiger partial charge on any atom is -0.494 e. The molecule has 170 valence electrons. The van der Waals surface area contributed by atoms with Crippen LogP contribution in [0.5, 0.6) is 5.75 Å². The van der Waals surface area contributed by atoms with Crippen molar-refractivity contribution >= 4 is 11.6 Å². The number of methoxy groups -OCH3 is 1. The lowest BCUT2D eigenvalue weighted by Gasteiger charge is -2.32. The zero-order valence-corrected chi connectivity index (χ0v) is 18.7. The van der Waals surface area contributed by atoms with Crippen molar-refractivity contribution in [1.82, 2.24) is 9.55 Å². The van der Waals surface area contributed by atoms with Gasteiger partial charge in [-0.2, -0.15) is 0 Å². The molecular formula is C25H24F2N4O2. The van der Waals surface area contributed by atoms with Crippen LogP contribution in [-0.4, -0.2) is 29.8 Å². The van der Waals surface area contributed by atoms with Crippen molar-refractivity contribution in [3.05, 3.63) is 69.8 Å². The molecule has 2 aromatic carbocycles. The molecule has 1 aliphatic heterocycles. The van der Waals surface area contributed by atoms with Crippen LogP contribution in [0.15, 0.2) is 41.2 Å². The van der Waals surface area contributed by atoms with Crippen molar-refractivity contribution in [2.45, 2.75) is 19.8 Å². The van der Waals surface area contributed by atoms with Gasteiger partial charge in [0.15, 0.2) is 11.6 Å². The number of piperidine rings is 1.